The van der Waals surface area contributed by atoms with Crippen molar-refractivity contribution in [3.8, 4) is 78.7 Å². The molecule has 0 amide bonds. The van der Waals surface area contributed by atoms with Crippen LogP contribution < -0.4 is 0 Å². The number of hydrogen-bond donors (Lipinski definition) is 0. The highest BCUT2D eigenvalue weighted by molar-refractivity contribution is 6.06. The molecule has 2 aromatic heterocycles. The minimum atomic E-state index is -0.437. The number of hydrogen-bond acceptors (Lipinski definition) is 4. The molecular formula is C51H33N3O. The van der Waals surface area contributed by atoms with Crippen molar-refractivity contribution in [2.45, 2.75) is 0 Å². The Morgan fingerprint density at radius 1 is 0.309 bits per heavy atom. The topological polar surface area (TPSA) is 51.8 Å². The molecule has 0 bridgehead atoms. The molecule has 0 saturated carbocycles. The molecule has 0 unspecified atom stereocenters. The molecule has 0 saturated heterocycles. The Hall–Kier alpha value is -7.43. The van der Waals surface area contributed by atoms with Crippen LogP contribution in [0.25, 0.3) is 101 Å². The van der Waals surface area contributed by atoms with Gasteiger partial charge in [0.05, 0.1) is 6.85 Å². The van der Waals surface area contributed by atoms with Crippen LogP contribution in [-0.4, -0.2) is 15.0 Å². The van der Waals surface area contributed by atoms with Crippen LogP contribution in [0.5, 0.6) is 0 Å². The lowest BCUT2D eigenvalue weighted by Gasteiger charge is -2.09. The molecule has 10 aromatic rings. The highest BCUT2D eigenvalue weighted by Crippen LogP contribution is 2.36. The molecule has 0 radical (unpaired) electrons. The van der Waals surface area contributed by atoms with E-state index in [1.54, 1.807) is 18.2 Å². The normalized spacial score (nSPS) is 12.5. The second-order valence-electron chi connectivity index (χ2n) is 13.3. The molecule has 4 nitrogen and oxygen atoms in total. The predicted octanol–water partition coefficient (Wildman–Crippen LogP) is 13.4. The van der Waals surface area contributed by atoms with Gasteiger partial charge >= 0.3 is 0 Å². The Kier molecular flexibility index (Phi) is 6.85. The zero-order valence-electron chi connectivity index (χ0n) is 34.4. The van der Waals surface area contributed by atoms with E-state index in [0.717, 1.165) is 49.7 Å². The number of fused-ring (bicyclic) bond motifs is 3. The Balaban J connectivity index is 0.990. The fourth-order valence-electron chi connectivity index (χ4n) is 7.00. The van der Waals surface area contributed by atoms with Crippen molar-refractivity contribution in [1.29, 1.82) is 0 Å². The van der Waals surface area contributed by atoms with Crippen molar-refractivity contribution >= 4 is 21.9 Å². The van der Waals surface area contributed by atoms with E-state index < -0.39 is 18.1 Å². The van der Waals surface area contributed by atoms with E-state index in [0.29, 0.717) is 34.2 Å². The molecule has 0 aliphatic heterocycles. The Bertz CT molecular complexity index is 3210. The average Bonchev–Trinajstić information content (AvgIpc) is 3.68. The van der Waals surface area contributed by atoms with Gasteiger partial charge in [0.2, 0.25) is 0 Å². The highest BCUT2D eigenvalue weighted by atomic mass is 16.3. The largest absolute Gasteiger partial charge is 0.456 e. The lowest BCUT2D eigenvalue weighted by molar-refractivity contribution is 0.669. The van der Waals surface area contributed by atoms with E-state index in [4.69, 9.17) is 26.2 Å². The van der Waals surface area contributed by atoms with Gasteiger partial charge in [0, 0.05) is 27.5 Å². The van der Waals surface area contributed by atoms with Crippen molar-refractivity contribution in [2.75, 3.05) is 0 Å². The van der Waals surface area contributed by atoms with E-state index >= 15 is 0 Å². The second-order valence-corrected chi connectivity index (χ2v) is 13.3. The summed E-state index contributed by atoms with van der Waals surface area (Å²) in [6.07, 6.45) is 0. The van der Waals surface area contributed by atoms with Gasteiger partial charge in [0.1, 0.15) is 11.2 Å². The van der Waals surface area contributed by atoms with Gasteiger partial charge in [-0.1, -0.05) is 170 Å². The molecule has 0 atom stereocenters. The first-order valence-corrected chi connectivity index (χ1v) is 18.0. The van der Waals surface area contributed by atoms with Gasteiger partial charge in [0.15, 0.2) is 17.5 Å². The number of nitrogens with zero attached hydrogens (tertiary/aromatic N) is 3. The van der Waals surface area contributed by atoms with Crippen molar-refractivity contribution in [3.63, 3.8) is 0 Å². The summed E-state index contributed by atoms with van der Waals surface area (Å²) >= 11 is 0. The first kappa shape index (κ1) is 27.2. The van der Waals surface area contributed by atoms with Crippen molar-refractivity contribution in [3.05, 3.63) is 200 Å². The summed E-state index contributed by atoms with van der Waals surface area (Å²) in [5.41, 5.74) is 11.0. The summed E-state index contributed by atoms with van der Waals surface area (Å²) < 4.78 is 48.0. The third kappa shape index (κ3) is 6.36. The van der Waals surface area contributed by atoms with E-state index in [9.17, 15) is 0 Å². The lowest BCUT2D eigenvalue weighted by Crippen LogP contribution is -2.00. The smallest absolute Gasteiger partial charge is 0.164 e. The number of furan rings is 1. The monoisotopic (exact) mass is 708 g/mol. The molecule has 0 N–H and O–H groups in total. The summed E-state index contributed by atoms with van der Waals surface area (Å²) in [5.74, 6) is 1.27. The molecule has 4 heteroatoms. The number of benzene rings is 8. The summed E-state index contributed by atoms with van der Waals surface area (Å²) in [6.45, 7) is 0. The maximum Gasteiger partial charge on any atom is 0.164 e. The first-order valence-electron chi connectivity index (χ1n) is 20.5. The van der Waals surface area contributed by atoms with Gasteiger partial charge in [-0.3, -0.25) is 0 Å². The van der Waals surface area contributed by atoms with Crippen LogP contribution in [0, 0.1) is 0 Å². The first-order chi connectivity index (χ1) is 29.3. The van der Waals surface area contributed by atoms with E-state index in [-0.39, 0.29) is 17.6 Å². The third-order valence-electron chi connectivity index (χ3n) is 9.85. The fourth-order valence-corrected chi connectivity index (χ4v) is 7.00. The van der Waals surface area contributed by atoms with Crippen LogP contribution >= 0.6 is 0 Å². The third-order valence-corrected chi connectivity index (χ3v) is 9.85. The number of rotatable bonds is 7. The average molecular weight is 709 g/mol. The predicted molar refractivity (Wildman–Crippen MR) is 225 cm³/mol. The molecule has 8 aromatic carbocycles. The standard InChI is InChI=1S/C51H33N3O/c1-4-11-34(12-5-1)36-19-21-37(22-20-36)38-23-25-39(26-24-38)42-27-29-45-46-30-28-44(33-48(46)55-47(45)32-42)51-53-49(40-15-8-3-9-16-40)52-50(54-51)43-18-10-17-41(31-43)35-13-6-2-7-14-35/h1-33H/i2D,6D,7D,13D,14D. The molecule has 10 rings (SSSR count). The Labute approximate surface area is 326 Å². The summed E-state index contributed by atoms with van der Waals surface area (Å²) in [4.78, 5) is 14.7. The van der Waals surface area contributed by atoms with Gasteiger partial charge in [-0.25, -0.2) is 15.0 Å². The van der Waals surface area contributed by atoms with E-state index in [2.05, 4.69) is 91.0 Å². The zero-order chi connectivity index (χ0) is 40.9. The van der Waals surface area contributed by atoms with Crippen LogP contribution in [0.1, 0.15) is 6.85 Å². The fraction of sp³-hybridized carbons (Fsp3) is 0. The minimum absolute atomic E-state index is 0.112. The highest BCUT2D eigenvalue weighted by Gasteiger charge is 2.16. The van der Waals surface area contributed by atoms with Gasteiger partial charge < -0.3 is 4.42 Å². The van der Waals surface area contributed by atoms with Crippen LogP contribution in [0.15, 0.2) is 204 Å². The van der Waals surface area contributed by atoms with Gasteiger partial charge in [0.25, 0.3) is 0 Å². The van der Waals surface area contributed by atoms with Crippen LogP contribution in [0.3, 0.4) is 0 Å². The van der Waals surface area contributed by atoms with Crippen molar-refractivity contribution in [2.24, 2.45) is 0 Å². The quantitative estimate of drug-likeness (QED) is 0.165. The second kappa shape index (κ2) is 13.8. The zero-order valence-corrected chi connectivity index (χ0v) is 29.4. The maximum atomic E-state index is 8.54. The van der Waals surface area contributed by atoms with Gasteiger partial charge in [-0.05, 0) is 74.8 Å². The van der Waals surface area contributed by atoms with Crippen LogP contribution in [0.2, 0.25) is 0 Å². The van der Waals surface area contributed by atoms with E-state index in [1.807, 2.05) is 60.7 Å². The van der Waals surface area contributed by atoms with Gasteiger partial charge in [-0.15, -0.1) is 0 Å². The summed E-state index contributed by atoms with van der Waals surface area (Å²) in [6, 6.07) is 54.8. The molecule has 0 fully saturated rings. The molecular weight excluding hydrogens is 671 g/mol. The van der Waals surface area contributed by atoms with Crippen molar-refractivity contribution in [1.82, 2.24) is 15.0 Å². The Morgan fingerprint density at radius 2 is 0.691 bits per heavy atom. The molecule has 258 valence electrons. The summed E-state index contributed by atoms with van der Waals surface area (Å²) in [5, 5.41) is 1.97. The molecule has 2 heterocycles. The number of aromatic nitrogens is 3. The van der Waals surface area contributed by atoms with Gasteiger partial charge in [-0.2, -0.15) is 0 Å². The SMILES string of the molecule is [2H]c1c([2H])c([2H])c(-c2cccc(-c3nc(-c4ccccc4)nc(-c4ccc5c(c4)oc4cc(-c6ccc(-c7ccc(-c8ccccc8)cc7)cc6)ccc45)n3)c2)c([2H])c1[2H]. The molecule has 0 aliphatic rings. The molecule has 0 spiro atoms. The summed E-state index contributed by atoms with van der Waals surface area (Å²) in [7, 11) is 0. The lowest BCUT2D eigenvalue weighted by atomic mass is 9.97. The van der Waals surface area contributed by atoms with E-state index in [1.165, 1.54) is 11.1 Å². The van der Waals surface area contributed by atoms with Crippen molar-refractivity contribution < 1.29 is 11.3 Å². The van der Waals surface area contributed by atoms with Crippen LogP contribution in [0.4, 0.5) is 0 Å². The Morgan fingerprint density at radius 3 is 1.27 bits per heavy atom. The maximum absolute atomic E-state index is 8.54. The van der Waals surface area contributed by atoms with Crippen LogP contribution in [-0.2, 0) is 0 Å². The molecule has 0 aliphatic carbocycles. The minimum Gasteiger partial charge on any atom is -0.456 e. The molecule has 55 heavy (non-hydrogen) atoms.